The van der Waals surface area contributed by atoms with Crippen molar-refractivity contribution in [3.8, 4) is 0 Å². The molecule has 1 fully saturated rings. The standard InChI is InChI=1S/C15H22N2O3/c1-15(2,3)11-6-8-16(10-11)12(18)7-9-17-13(19)4-5-14(17)20/h4-5,11H,6-10H2,1-3H3. The van der Waals surface area contributed by atoms with Gasteiger partial charge in [-0.05, 0) is 17.8 Å². The molecule has 2 aliphatic heterocycles. The smallest absolute Gasteiger partial charge is 0.253 e. The molecule has 2 rings (SSSR count). The summed E-state index contributed by atoms with van der Waals surface area (Å²) < 4.78 is 0. The zero-order chi connectivity index (χ0) is 14.9. The number of hydrogen-bond donors (Lipinski definition) is 0. The maximum absolute atomic E-state index is 12.1. The number of imide groups is 1. The second kappa shape index (κ2) is 5.38. The molecule has 0 aromatic carbocycles. The topological polar surface area (TPSA) is 57.7 Å². The molecule has 0 radical (unpaired) electrons. The summed E-state index contributed by atoms with van der Waals surface area (Å²) in [6.45, 7) is 8.32. The Morgan fingerprint density at radius 3 is 2.35 bits per heavy atom. The molecule has 0 N–H and O–H groups in total. The van der Waals surface area contributed by atoms with Crippen LogP contribution >= 0.6 is 0 Å². The van der Waals surface area contributed by atoms with Gasteiger partial charge in [0.15, 0.2) is 0 Å². The number of carbonyl (C=O) groups excluding carboxylic acids is 3. The number of hydrogen-bond acceptors (Lipinski definition) is 3. The first kappa shape index (κ1) is 14.8. The highest BCUT2D eigenvalue weighted by Crippen LogP contribution is 2.33. The monoisotopic (exact) mass is 278 g/mol. The zero-order valence-corrected chi connectivity index (χ0v) is 12.4. The quantitative estimate of drug-likeness (QED) is 0.729. The molecule has 0 spiro atoms. The highest BCUT2D eigenvalue weighted by molar-refractivity contribution is 6.13. The van der Waals surface area contributed by atoms with E-state index >= 15 is 0 Å². The molecule has 1 unspecified atom stereocenters. The molecule has 5 heteroatoms. The first-order valence-corrected chi connectivity index (χ1v) is 7.10. The molecule has 1 saturated heterocycles. The molecule has 1 atom stereocenters. The van der Waals surface area contributed by atoms with Gasteiger partial charge in [-0.3, -0.25) is 19.3 Å². The van der Waals surface area contributed by atoms with Gasteiger partial charge >= 0.3 is 0 Å². The van der Waals surface area contributed by atoms with E-state index in [-0.39, 0.29) is 36.1 Å². The lowest BCUT2D eigenvalue weighted by Gasteiger charge is -2.27. The molecule has 0 aromatic heterocycles. The van der Waals surface area contributed by atoms with E-state index < -0.39 is 0 Å². The third-order valence-corrected chi connectivity index (χ3v) is 4.22. The molecule has 2 heterocycles. The van der Waals surface area contributed by atoms with Crippen LogP contribution in [0.3, 0.4) is 0 Å². The van der Waals surface area contributed by atoms with Gasteiger partial charge in [-0.15, -0.1) is 0 Å². The van der Waals surface area contributed by atoms with Crippen molar-refractivity contribution in [1.29, 1.82) is 0 Å². The van der Waals surface area contributed by atoms with E-state index in [1.807, 2.05) is 4.90 Å². The molecule has 3 amide bonds. The number of carbonyl (C=O) groups is 3. The number of nitrogens with zero attached hydrogens (tertiary/aromatic N) is 2. The second-order valence-electron chi connectivity index (χ2n) is 6.60. The minimum absolute atomic E-state index is 0.0317. The van der Waals surface area contributed by atoms with Crippen molar-refractivity contribution in [2.24, 2.45) is 11.3 Å². The molecule has 110 valence electrons. The van der Waals surface area contributed by atoms with Gasteiger partial charge < -0.3 is 4.90 Å². The highest BCUT2D eigenvalue weighted by atomic mass is 16.2. The van der Waals surface area contributed by atoms with Gasteiger partial charge in [-0.25, -0.2) is 0 Å². The van der Waals surface area contributed by atoms with E-state index in [0.29, 0.717) is 5.92 Å². The van der Waals surface area contributed by atoms with Crippen molar-refractivity contribution >= 4 is 17.7 Å². The fraction of sp³-hybridized carbons (Fsp3) is 0.667. The lowest BCUT2D eigenvalue weighted by Crippen LogP contribution is -2.36. The Bertz CT molecular complexity index is 444. The van der Waals surface area contributed by atoms with Crippen LogP contribution in [0.4, 0.5) is 0 Å². The summed E-state index contributed by atoms with van der Waals surface area (Å²) in [6, 6.07) is 0. The normalized spacial score (nSPS) is 23.1. The lowest BCUT2D eigenvalue weighted by atomic mass is 9.80. The second-order valence-corrected chi connectivity index (χ2v) is 6.60. The van der Waals surface area contributed by atoms with E-state index in [4.69, 9.17) is 0 Å². The Morgan fingerprint density at radius 2 is 1.85 bits per heavy atom. The fourth-order valence-corrected chi connectivity index (χ4v) is 2.71. The summed E-state index contributed by atoms with van der Waals surface area (Å²) in [5, 5.41) is 0. The number of amides is 3. The van der Waals surface area contributed by atoms with E-state index in [2.05, 4.69) is 20.8 Å². The lowest BCUT2D eigenvalue weighted by molar-refractivity contribution is -0.138. The van der Waals surface area contributed by atoms with Crippen LogP contribution in [0, 0.1) is 11.3 Å². The van der Waals surface area contributed by atoms with Crippen molar-refractivity contribution < 1.29 is 14.4 Å². The van der Waals surface area contributed by atoms with E-state index in [1.54, 1.807) is 0 Å². The van der Waals surface area contributed by atoms with Gasteiger partial charge in [-0.2, -0.15) is 0 Å². The van der Waals surface area contributed by atoms with Crippen LogP contribution in [-0.4, -0.2) is 47.2 Å². The molecule has 5 nitrogen and oxygen atoms in total. The summed E-state index contributed by atoms with van der Waals surface area (Å²) in [5.41, 5.74) is 0.208. The predicted molar refractivity (Wildman–Crippen MR) is 74.6 cm³/mol. The summed E-state index contributed by atoms with van der Waals surface area (Å²) >= 11 is 0. The van der Waals surface area contributed by atoms with Gasteiger partial charge in [-0.1, -0.05) is 20.8 Å². The summed E-state index contributed by atoms with van der Waals surface area (Å²) in [6.07, 6.45) is 3.74. The van der Waals surface area contributed by atoms with E-state index in [9.17, 15) is 14.4 Å². The van der Waals surface area contributed by atoms with Crippen LogP contribution in [0.15, 0.2) is 12.2 Å². The van der Waals surface area contributed by atoms with E-state index in [0.717, 1.165) is 24.4 Å². The van der Waals surface area contributed by atoms with Crippen LogP contribution in [0.2, 0.25) is 0 Å². The van der Waals surface area contributed by atoms with Gasteiger partial charge in [0.25, 0.3) is 11.8 Å². The Labute approximate surface area is 119 Å². The van der Waals surface area contributed by atoms with Crippen molar-refractivity contribution in [2.45, 2.75) is 33.6 Å². The van der Waals surface area contributed by atoms with Crippen molar-refractivity contribution in [2.75, 3.05) is 19.6 Å². The fourth-order valence-electron chi connectivity index (χ4n) is 2.71. The average molecular weight is 278 g/mol. The Morgan fingerprint density at radius 1 is 1.25 bits per heavy atom. The third kappa shape index (κ3) is 3.08. The number of rotatable bonds is 3. The predicted octanol–water partition coefficient (Wildman–Crippen LogP) is 1.20. The largest absolute Gasteiger partial charge is 0.342 e. The minimum atomic E-state index is -0.322. The molecule has 0 saturated carbocycles. The molecule has 2 aliphatic rings. The third-order valence-electron chi connectivity index (χ3n) is 4.22. The Kier molecular flexibility index (Phi) is 3.97. The molecular formula is C15H22N2O3. The summed E-state index contributed by atoms with van der Waals surface area (Å²) in [7, 11) is 0. The first-order valence-electron chi connectivity index (χ1n) is 7.10. The van der Waals surface area contributed by atoms with Crippen LogP contribution in [0.1, 0.15) is 33.6 Å². The number of likely N-dealkylation sites (tertiary alicyclic amines) is 1. The maximum atomic E-state index is 12.1. The van der Waals surface area contributed by atoms with Crippen molar-refractivity contribution in [1.82, 2.24) is 9.80 Å². The average Bonchev–Trinajstić information content (AvgIpc) is 2.95. The van der Waals surface area contributed by atoms with Crippen molar-refractivity contribution in [3.05, 3.63) is 12.2 Å². The SMILES string of the molecule is CC(C)(C)C1CCN(C(=O)CCN2C(=O)C=CC2=O)C1. The van der Waals surface area contributed by atoms with Crippen LogP contribution in [0.25, 0.3) is 0 Å². The molecule has 0 bridgehead atoms. The Hall–Kier alpha value is -1.65. The molecule has 20 heavy (non-hydrogen) atoms. The molecule has 0 aliphatic carbocycles. The first-order chi connectivity index (χ1) is 9.29. The van der Waals surface area contributed by atoms with Gasteiger partial charge in [0.2, 0.25) is 5.91 Å². The Balaban J connectivity index is 1.82. The van der Waals surface area contributed by atoms with Crippen LogP contribution in [-0.2, 0) is 14.4 Å². The highest BCUT2D eigenvalue weighted by Gasteiger charge is 2.34. The minimum Gasteiger partial charge on any atom is -0.342 e. The van der Waals surface area contributed by atoms with Gasteiger partial charge in [0, 0.05) is 38.2 Å². The van der Waals surface area contributed by atoms with Crippen LogP contribution in [0.5, 0.6) is 0 Å². The maximum Gasteiger partial charge on any atom is 0.253 e. The summed E-state index contributed by atoms with van der Waals surface area (Å²) in [5.74, 6) is -0.0963. The summed E-state index contributed by atoms with van der Waals surface area (Å²) in [4.78, 5) is 37.9. The van der Waals surface area contributed by atoms with Crippen LogP contribution < -0.4 is 0 Å². The molecular weight excluding hydrogens is 256 g/mol. The zero-order valence-electron chi connectivity index (χ0n) is 12.4. The van der Waals surface area contributed by atoms with Gasteiger partial charge in [0.1, 0.15) is 0 Å². The van der Waals surface area contributed by atoms with Crippen molar-refractivity contribution in [3.63, 3.8) is 0 Å². The van der Waals surface area contributed by atoms with Gasteiger partial charge in [0.05, 0.1) is 0 Å². The molecule has 0 aromatic rings. The van der Waals surface area contributed by atoms with E-state index in [1.165, 1.54) is 12.2 Å².